The van der Waals surface area contributed by atoms with Crippen LogP contribution in [0.25, 0.3) is 0 Å². The minimum atomic E-state index is -3.12. The second-order valence-electron chi connectivity index (χ2n) is 4.64. The van der Waals surface area contributed by atoms with E-state index in [9.17, 15) is 8.42 Å². The van der Waals surface area contributed by atoms with Gasteiger partial charge in [0.15, 0.2) is 0 Å². The van der Waals surface area contributed by atoms with Crippen molar-refractivity contribution >= 4 is 10.0 Å². The molecule has 1 saturated heterocycles. The van der Waals surface area contributed by atoms with Gasteiger partial charge in [-0.2, -0.15) is 4.31 Å². The summed E-state index contributed by atoms with van der Waals surface area (Å²) < 4.78 is 31.4. The zero-order valence-corrected chi connectivity index (χ0v) is 12.3. The maximum atomic E-state index is 12.1. The minimum Gasteiger partial charge on any atom is -0.377 e. The predicted octanol–water partition coefficient (Wildman–Crippen LogP) is 0.817. The summed E-state index contributed by atoms with van der Waals surface area (Å²) in [6.07, 6.45) is 2.96. The Balaban J connectivity index is 2.40. The molecule has 0 aromatic rings. The Morgan fingerprint density at radius 2 is 2.11 bits per heavy atom. The normalized spacial score (nSPS) is 22.2. The maximum absolute atomic E-state index is 12.1. The number of nitrogens with zero attached hydrogens (tertiary/aromatic N) is 1. The lowest BCUT2D eigenvalue weighted by molar-refractivity contribution is 0.0265. The van der Waals surface area contributed by atoms with Crippen molar-refractivity contribution in [3.8, 4) is 0 Å². The maximum Gasteiger partial charge on any atom is 0.215 e. The first-order valence-electron chi connectivity index (χ1n) is 6.90. The van der Waals surface area contributed by atoms with Gasteiger partial charge in [-0.1, -0.05) is 6.92 Å². The van der Waals surface area contributed by atoms with Crippen LogP contribution in [-0.4, -0.2) is 57.4 Å². The summed E-state index contributed by atoms with van der Waals surface area (Å²) in [5, 5.41) is 3.13. The van der Waals surface area contributed by atoms with Crippen molar-refractivity contribution in [1.29, 1.82) is 0 Å². The van der Waals surface area contributed by atoms with E-state index < -0.39 is 10.0 Å². The summed E-state index contributed by atoms with van der Waals surface area (Å²) in [7, 11) is -3.12. The Bertz CT molecular complexity index is 317. The molecule has 18 heavy (non-hydrogen) atoms. The van der Waals surface area contributed by atoms with Gasteiger partial charge in [0.1, 0.15) is 0 Å². The summed E-state index contributed by atoms with van der Waals surface area (Å²) >= 11 is 0. The standard InChI is InChI=1S/C12H26N2O3S/c1-3-7-13-8-10-18(15,16)14-9-5-6-12(11-14)17-4-2/h12-13H,3-11H2,1-2H3. The first-order valence-corrected chi connectivity index (χ1v) is 8.51. The van der Waals surface area contributed by atoms with Gasteiger partial charge in [-0.3, -0.25) is 0 Å². The van der Waals surface area contributed by atoms with Crippen molar-refractivity contribution in [3.63, 3.8) is 0 Å². The molecular formula is C12H26N2O3S. The van der Waals surface area contributed by atoms with E-state index in [1.54, 1.807) is 4.31 Å². The Morgan fingerprint density at radius 3 is 2.78 bits per heavy atom. The topological polar surface area (TPSA) is 58.6 Å². The van der Waals surface area contributed by atoms with Crippen molar-refractivity contribution in [2.75, 3.05) is 38.5 Å². The number of rotatable bonds is 8. The zero-order chi connectivity index (χ0) is 13.4. The molecule has 1 N–H and O–H groups in total. The Morgan fingerprint density at radius 1 is 1.33 bits per heavy atom. The van der Waals surface area contributed by atoms with Gasteiger partial charge in [-0.25, -0.2) is 8.42 Å². The molecule has 1 rings (SSSR count). The van der Waals surface area contributed by atoms with Gasteiger partial charge in [0.05, 0.1) is 11.9 Å². The van der Waals surface area contributed by atoms with Gasteiger partial charge in [0.25, 0.3) is 0 Å². The predicted molar refractivity (Wildman–Crippen MR) is 73.2 cm³/mol. The molecule has 6 heteroatoms. The molecule has 1 unspecified atom stereocenters. The number of hydrogen-bond donors (Lipinski definition) is 1. The van der Waals surface area contributed by atoms with Crippen molar-refractivity contribution in [3.05, 3.63) is 0 Å². The van der Waals surface area contributed by atoms with Crippen LogP contribution in [0.15, 0.2) is 0 Å². The van der Waals surface area contributed by atoms with Crippen LogP contribution >= 0.6 is 0 Å². The minimum absolute atomic E-state index is 0.0714. The van der Waals surface area contributed by atoms with Crippen molar-refractivity contribution < 1.29 is 13.2 Å². The van der Waals surface area contributed by atoms with Crippen LogP contribution in [0.2, 0.25) is 0 Å². The second kappa shape index (κ2) is 8.09. The second-order valence-corrected chi connectivity index (χ2v) is 6.73. The fourth-order valence-corrected chi connectivity index (χ4v) is 3.62. The highest BCUT2D eigenvalue weighted by Crippen LogP contribution is 2.16. The van der Waals surface area contributed by atoms with E-state index in [1.807, 2.05) is 6.92 Å². The highest BCUT2D eigenvalue weighted by molar-refractivity contribution is 7.89. The van der Waals surface area contributed by atoms with Crippen LogP contribution in [0.4, 0.5) is 0 Å². The van der Waals surface area contributed by atoms with Crippen LogP contribution in [0, 0.1) is 0 Å². The summed E-state index contributed by atoms with van der Waals surface area (Å²) in [6.45, 7) is 7.23. The van der Waals surface area contributed by atoms with Crippen molar-refractivity contribution in [2.24, 2.45) is 0 Å². The molecule has 1 atom stereocenters. The molecule has 0 amide bonds. The fourth-order valence-electron chi connectivity index (χ4n) is 2.16. The average Bonchev–Trinajstić information content (AvgIpc) is 2.36. The van der Waals surface area contributed by atoms with Gasteiger partial charge in [0.2, 0.25) is 10.0 Å². The molecule has 0 bridgehead atoms. The number of ether oxygens (including phenoxy) is 1. The molecule has 0 aromatic heterocycles. The summed E-state index contributed by atoms with van der Waals surface area (Å²) in [6, 6.07) is 0. The van der Waals surface area contributed by atoms with E-state index in [-0.39, 0.29) is 11.9 Å². The molecule has 0 spiro atoms. The van der Waals surface area contributed by atoms with Crippen molar-refractivity contribution in [1.82, 2.24) is 9.62 Å². The lowest BCUT2D eigenvalue weighted by Gasteiger charge is -2.31. The van der Waals surface area contributed by atoms with Gasteiger partial charge in [-0.05, 0) is 32.7 Å². The highest BCUT2D eigenvalue weighted by Gasteiger charge is 2.28. The fraction of sp³-hybridized carbons (Fsp3) is 1.00. The van der Waals surface area contributed by atoms with Gasteiger partial charge in [0, 0.05) is 26.2 Å². The number of sulfonamides is 1. The molecule has 5 nitrogen and oxygen atoms in total. The molecule has 1 aliphatic heterocycles. The van der Waals surface area contributed by atoms with Crippen LogP contribution in [-0.2, 0) is 14.8 Å². The molecule has 0 radical (unpaired) electrons. The average molecular weight is 278 g/mol. The van der Waals surface area contributed by atoms with Crippen LogP contribution in [0.5, 0.6) is 0 Å². The lowest BCUT2D eigenvalue weighted by Crippen LogP contribution is -2.45. The van der Waals surface area contributed by atoms with Crippen molar-refractivity contribution in [2.45, 2.75) is 39.2 Å². The van der Waals surface area contributed by atoms with E-state index in [4.69, 9.17) is 4.74 Å². The van der Waals surface area contributed by atoms with Crippen LogP contribution in [0.3, 0.4) is 0 Å². The molecule has 108 valence electrons. The van der Waals surface area contributed by atoms with Gasteiger partial charge in [-0.15, -0.1) is 0 Å². The number of nitrogens with one attached hydrogen (secondary N) is 1. The third-order valence-corrected chi connectivity index (χ3v) is 4.94. The van der Waals surface area contributed by atoms with Crippen LogP contribution in [0.1, 0.15) is 33.1 Å². The number of hydrogen-bond acceptors (Lipinski definition) is 4. The Hall–Kier alpha value is -0.170. The third kappa shape index (κ3) is 5.22. The van der Waals surface area contributed by atoms with Crippen LogP contribution < -0.4 is 5.32 Å². The number of piperidine rings is 1. The summed E-state index contributed by atoms with van der Waals surface area (Å²) in [5.74, 6) is 0.186. The summed E-state index contributed by atoms with van der Waals surface area (Å²) in [5.41, 5.74) is 0. The van der Waals surface area contributed by atoms with E-state index >= 15 is 0 Å². The molecule has 1 aliphatic rings. The molecule has 0 aliphatic carbocycles. The quantitative estimate of drug-likeness (QED) is 0.668. The largest absolute Gasteiger partial charge is 0.377 e. The van der Waals surface area contributed by atoms with Gasteiger partial charge >= 0.3 is 0 Å². The lowest BCUT2D eigenvalue weighted by atomic mass is 10.1. The Labute approximate surface area is 111 Å². The first kappa shape index (κ1) is 15.9. The monoisotopic (exact) mass is 278 g/mol. The first-order chi connectivity index (χ1) is 8.60. The smallest absolute Gasteiger partial charge is 0.215 e. The van der Waals surface area contributed by atoms with E-state index in [2.05, 4.69) is 12.2 Å². The highest BCUT2D eigenvalue weighted by atomic mass is 32.2. The third-order valence-electron chi connectivity index (χ3n) is 3.10. The van der Waals surface area contributed by atoms with E-state index in [0.717, 1.165) is 25.8 Å². The van der Waals surface area contributed by atoms with E-state index in [0.29, 0.717) is 26.2 Å². The molecular weight excluding hydrogens is 252 g/mol. The molecule has 1 heterocycles. The molecule has 0 aromatic carbocycles. The SMILES string of the molecule is CCCNCCS(=O)(=O)N1CCCC(OCC)C1. The summed E-state index contributed by atoms with van der Waals surface area (Å²) in [4.78, 5) is 0. The zero-order valence-electron chi connectivity index (χ0n) is 11.5. The van der Waals surface area contributed by atoms with E-state index in [1.165, 1.54) is 0 Å². The van der Waals surface area contributed by atoms with Gasteiger partial charge < -0.3 is 10.1 Å². The molecule has 0 saturated carbocycles. The molecule has 1 fully saturated rings. The Kier molecular flexibility index (Phi) is 7.14.